The van der Waals surface area contributed by atoms with Crippen molar-refractivity contribution in [2.45, 2.75) is 45.8 Å². The fourth-order valence-corrected chi connectivity index (χ4v) is 4.68. The van der Waals surface area contributed by atoms with Gasteiger partial charge < -0.3 is 4.43 Å². The molecule has 0 spiro atoms. The van der Waals surface area contributed by atoms with Crippen LogP contribution in [0.5, 0.6) is 5.75 Å². The zero-order valence-electron chi connectivity index (χ0n) is 11.5. The van der Waals surface area contributed by atoms with Crippen LogP contribution in [-0.4, -0.2) is 8.32 Å². The third-order valence-corrected chi connectivity index (χ3v) is 8.04. The fraction of sp³-hybridized carbons (Fsp3) is 0.467. The molecule has 0 aromatic heterocycles. The highest BCUT2D eigenvalue weighted by Crippen LogP contribution is 2.28. The monoisotopic (exact) mass is 248 g/mol. The first-order valence-electron chi connectivity index (χ1n) is 6.62. The Hall–Kier alpha value is -1.02. The van der Waals surface area contributed by atoms with Crippen LogP contribution in [0.25, 0.3) is 6.08 Å². The number of benzene rings is 1. The highest BCUT2D eigenvalue weighted by Gasteiger charge is 2.31. The minimum atomic E-state index is -1.55. The van der Waals surface area contributed by atoms with E-state index in [-0.39, 0.29) is 0 Å². The Morgan fingerprint density at radius 3 is 2.18 bits per heavy atom. The lowest BCUT2D eigenvalue weighted by Crippen LogP contribution is -2.39. The van der Waals surface area contributed by atoms with E-state index < -0.39 is 8.32 Å². The minimum Gasteiger partial charge on any atom is -0.543 e. The molecule has 0 unspecified atom stereocenters. The molecular formula is C15H24OSi. The molecule has 0 atom stereocenters. The van der Waals surface area contributed by atoms with Crippen LogP contribution in [-0.2, 0) is 0 Å². The van der Waals surface area contributed by atoms with E-state index >= 15 is 0 Å². The molecule has 0 heterocycles. The Balaban J connectivity index is 3.00. The van der Waals surface area contributed by atoms with Crippen LogP contribution in [0, 0.1) is 0 Å². The Kier molecular flexibility index (Phi) is 5.49. The summed E-state index contributed by atoms with van der Waals surface area (Å²) in [5.41, 5.74) is 1.20. The highest BCUT2D eigenvalue weighted by molar-refractivity contribution is 6.74. The molecule has 0 aliphatic heterocycles. The van der Waals surface area contributed by atoms with Gasteiger partial charge in [0.25, 0.3) is 8.32 Å². The minimum absolute atomic E-state index is 1.06. The Labute approximate surface area is 107 Å². The predicted molar refractivity (Wildman–Crippen MR) is 79.0 cm³/mol. The van der Waals surface area contributed by atoms with Crippen LogP contribution < -0.4 is 4.43 Å². The SMILES string of the molecule is CC=Cc1ccccc1O[Si](CC)(CC)CC. The van der Waals surface area contributed by atoms with E-state index in [1.165, 1.54) is 23.7 Å². The van der Waals surface area contributed by atoms with Gasteiger partial charge in [0.05, 0.1) is 0 Å². The lowest BCUT2D eigenvalue weighted by Gasteiger charge is -2.29. The summed E-state index contributed by atoms with van der Waals surface area (Å²) in [7, 11) is -1.55. The molecule has 0 saturated heterocycles. The maximum absolute atomic E-state index is 6.42. The van der Waals surface area contributed by atoms with E-state index in [0.717, 1.165) is 5.75 Å². The molecule has 17 heavy (non-hydrogen) atoms. The summed E-state index contributed by atoms with van der Waals surface area (Å²) in [5, 5.41) is 0. The smallest absolute Gasteiger partial charge is 0.250 e. The van der Waals surface area contributed by atoms with E-state index in [4.69, 9.17) is 4.43 Å². The molecule has 0 N–H and O–H groups in total. The summed E-state index contributed by atoms with van der Waals surface area (Å²) in [6.45, 7) is 8.83. The largest absolute Gasteiger partial charge is 0.543 e. The third-order valence-electron chi connectivity index (χ3n) is 3.52. The van der Waals surface area contributed by atoms with E-state index in [0.29, 0.717) is 0 Å². The van der Waals surface area contributed by atoms with E-state index in [9.17, 15) is 0 Å². The van der Waals surface area contributed by atoms with Crippen LogP contribution in [0.4, 0.5) is 0 Å². The topological polar surface area (TPSA) is 9.23 Å². The number of rotatable bonds is 6. The molecule has 0 bridgehead atoms. The quantitative estimate of drug-likeness (QED) is 0.636. The molecule has 0 saturated carbocycles. The summed E-state index contributed by atoms with van der Waals surface area (Å²) < 4.78 is 6.42. The van der Waals surface area contributed by atoms with Gasteiger partial charge in [-0.05, 0) is 31.1 Å². The molecule has 1 rings (SSSR count). The van der Waals surface area contributed by atoms with E-state index in [2.05, 4.69) is 57.2 Å². The van der Waals surface area contributed by atoms with Crippen LogP contribution in [0.3, 0.4) is 0 Å². The molecule has 0 radical (unpaired) electrons. The van der Waals surface area contributed by atoms with Gasteiger partial charge in [-0.15, -0.1) is 0 Å². The number of para-hydroxylation sites is 1. The van der Waals surface area contributed by atoms with Gasteiger partial charge in [0.1, 0.15) is 5.75 Å². The van der Waals surface area contributed by atoms with Crippen LogP contribution in [0.1, 0.15) is 33.3 Å². The number of allylic oxidation sites excluding steroid dienone is 1. The van der Waals surface area contributed by atoms with Gasteiger partial charge in [-0.25, -0.2) is 0 Å². The average Bonchev–Trinajstić information content (AvgIpc) is 2.38. The van der Waals surface area contributed by atoms with Crippen molar-refractivity contribution in [3.05, 3.63) is 35.9 Å². The maximum atomic E-state index is 6.42. The van der Waals surface area contributed by atoms with Gasteiger partial charge in [-0.1, -0.05) is 51.1 Å². The van der Waals surface area contributed by atoms with Crippen molar-refractivity contribution < 1.29 is 4.43 Å². The number of hydrogen-bond donors (Lipinski definition) is 0. The molecular weight excluding hydrogens is 224 g/mol. The second-order valence-electron chi connectivity index (χ2n) is 4.38. The summed E-state index contributed by atoms with van der Waals surface area (Å²) in [4.78, 5) is 0. The van der Waals surface area contributed by atoms with E-state index in [1.807, 2.05) is 6.92 Å². The Morgan fingerprint density at radius 2 is 1.65 bits per heavy atom. The molecule has 2 heteroatoms. The van der Waals surface area contributed by atoms with Crippen LogP contribution in [0.2, 0.25) is 18.1 Å². The van der Waals surface area contributed by atoms with Gasteiger partial charge >= 0.3 is 0 Å². The highest BCUT2D eigenvalue weighted by atomic mass is 28.4. The molecule has 94 valence electrons. The summed E-state index contributed by atoms with van der Waals surface area (Å²) in [6.07, 6.45) is 4.19. The van der Waals surface area contributed by atoms with Crippen molar-refractivity contribution in [1.29, 1.82) is 0 Å². The lowest BCUT2D eigenvalue weighted by molar-refractivity contribution is 0.531. The standard InChI is InChI=1S/C15H24OSi/c1-5-11-14-12-9-10-13-15(14)16-17(6-2,7-3)8-4/h5,9-13H,6-8H2,1-4H3. The lowest BCUT2D eigenvalue weighted by atomic mass is 10.2. The first kappa shape index (κ1) is 14.0. The van der Waals surface area contributed by atoms with Crippen molar-refractivity contribution in [2.75, 3.05) is 0 Å². The summed E-state index contributed by atoms with van der Waals surface area (Å²) in [6, 6.07) is 11.9. The Bertz CT molecular complexity index is 359. The molecule has 0 fully saturated rings. The fourth-order valence-electron chi connectivity index (χ4n) is 2.09. The van der Waals surface area contributed by atoms with Gasteiger partial charge in [-0.3, -0.25) is 0 Å². The van der Waals surface area contributed by atoms with Gasteiger partial charge in [-0.2, -0.15) is 0 Å². The van der Waals surface area contributed by atoms with Gasteiger partial charge in [0.2, 0.25) is 0 Å². The second kappa shape index (κ2) is 6.65. The van der Waals surface area contributed by atoms with Crippen LogP contribution >= 0.6 is 0 Å². The molecule has 1 aromatic carbocycles. The van der Waals surface area contributed by atoms with Crippen molar-refractivity contribution >= 4 is 14.4 Å². The van der Waals surface area contributed by atoms with Crippen molar-refractivity contribution in [3.63, 3.8) is 0 Å². The molecule has 1 aromatic rings. The van der Waals surface area contributed by atoms with Crippen molar-refractivity contribution in [3.8, 4) is 5.75 Å². The van der Waals surface area contributed by atoms with Crippen LogP contribution in [0.15, 0.2) is 30.3 Å². The Morgan fingerprint density at radius 1 is 1.06 bits per heavy atom. The number of hydrogen-bond acceptors (Lipinski definition) is 1. The first-order valence-corrected chi connectivity index (χ1v) is 9.15. The third kappa shape index (κ3) is 3.47. The van der Waals surface area contributed by atoms with Gasteiger partial charge in [0.15, 0.2) is 0 Å². The zero-order valence-corrected chi connectivity index (χ0v) is 12.5. The molecule has 0 aliphatic rings. The molecule has 1 nitrogen and oxygen atoms in total. The molecule has 0 amide bonds. The normalized spacial score (nSPS) is 12.0. The van der Waals surface area contributed by atoms with Crippen molar-refractivity contribution in [2.24, 2.45) is 0 Å². The first-order chi connectivity index (χ1) is 8.21. The average molecular weight is 248 g/mol. The summed E-state index contributed by atoms with van der Waals surface area (Å²) in [5.74, 6) is 1.06. The molecule has 0 aliphatic carbocycles. The predicted octanol–water partition coefficient (Wildman–Crippen LogP) is 5.10. The summed E-state index contributed by atoms with van der Waals surface area (Å²) >= 11 is 0. The van der Waals surface area contributed by atoms with E-state index in [1.54, 1.807) is 0 Å². The maximum Gasteiger partial charge on any atom is 0.250 e. The zero-order chi connectivity index (χ0) is 12.7. The second-order valence-corrected chi connectivity index (χ2v) is 9.08. The van der Waals surface area contributed by atoms with Gasteiger partial charge in [0, 0.05) is 5.56 Å². The van der Waals surface area contributed by atoms with Crippen molar-refractivity contribution in [1.82, 2.24) is 0 Å².